The summed E-state index contributed by atoms with van der Waals surface area (Å²) in [5, 5.41) is 11.1. The van der Waals surface area contributed by atoms with Crippen molar-refractivity contribution < 1.29 is 4.79 Å². The van der Waals surface area contributed by atoms with Gasteiger partial charge in [-0.15, -0.1) is 0 Å². The Bertz CT molecular complexity index is 1360. The fourth-order valence-corrected chi connectivity index (χ4v) is 4.53. The van der Waals surface area contributed by atoms with Crippen LogP contribution in [0.4, 0.5) is 5.69 Å². The van der Waals surface area contributed by atoms with Crippen molar-refractivity contribution in [1.29, 1.82) is 0 Å². The lowest BCUT2D eigenvalue weighted by molar-refractivity contribution is 0.102. The third-order valence-electron chi connectivity index (χ3n) is 6.46. The maximum absolute atomic E-state index is 13.2. The van der Waals surface area contributed by atoms with E-state index < -0.39 is 0 Å². The van der Waals surface area contributed by atoms with Gasteiger partial charge in [-0.3, -0.25) is 24.8 Å². The van der Waals surface area contributed by atoms with Crippen LogP contribution in [-0.2, 0) is 13.1 Å². The Kier molecular flexibility index (Phi) is 7.04. The minimum Gasteiger partial charge on any atom is -0.320 e. The van der Waals surface area contributed by atoms with E-state index >= 15 is 0 Å². The number of rotatable bonds is 7. The van der Waals surface area contributed by atoms with Crippen LogP contribution >= 0.6 is 0 Å². The van der Waals surface area contributed by atoms with E-state index in [1.807, 2.05) is 56.8 Å². The predicted molar refractivity (Wildman–Crippen MR) is 142 cm³/mol. The van der Waals surface area contributed by atoms with Gasteiger partial charge in [0.2, 0.25) is 0 Å². The number of carbonyl (C=O) groups excluding carboxylic acids is 1. The van der Waals surface area contributed by atoms with Gasteiger partial charge in [-0.25, -0.2) is 0 Å². The molecule has 0 atom stereocenters. The van der Waals surface area contributed by atoms with Crippen molar-refractivity contribution in [2.45, 2.75) is 13.1 Å². The number of anilines is 1. The lowest BCUT2D eigenvalue weighted by atomic mass is 10.0. The number of hydrogen-bond donors (Lipinski definition) is 2. The molecule has 0 bridgehead atoms. The van der Waals surface area contributed by atoms with Gasteiger partial charge in [-0.05, 0) is 62.6 Å². The summed E-state index contributed by atoms with van der Waals surface area (Å²) in [4.78, 5) is 28.9. The van der Waals surface area contributed by atoms with Crippen LogP contribution < -0.4 is 5.32 Å². The van der Waals surface area contributed by atoms with Crippen LogP contribution in [0.25, 0.3) is 22.0 Å². The van der Waals surface area contributed by atoms with E-state index in [2.05, 4.69) is 53.3 Å². The number of aromatic amines is 1. The summed E-state index contributed by atoms with van der Waals surface area (Å²) >= 11 is 0. The summed E-state index contributed by atoms with van der Waals surface area (Å²) in [6.45, 7) is 5.73. The molecule has 0 spiro atoms. The highest BCUT2D eigenvalue weighted by atomic mass is 16.1. The molecule has 0 radical (unpaired) electrons. The molecule has 1 aliphatic rings. The number of pyridine rings is 2. The Labute approximate surface area is 211 Å². The van der Waals surface area contributed by atoms with Crippen LogP contribution in [0.1, 0.15) is 21.7 Å². The fraction of sp³-hybridized carbons (Fsp3) is 0.333. The van der Waals surface area contributed by atoms with Gasteiger partial charge in [-0.2, -0.15) is 5.10 Å². The number of carbonyl (C=O) groups is 1. The maximum Gasteiger partial charge on any atom is 0.276 e. The van der Waals surface area contributed by atoms with E-state index in [4.69, 9.17) is 0 Å². The van der Waals surface area contributed by atoms with Crippen LogP contribution in [0.2, 0.25) is 0 Å². The van der Waals surface area contributed by atoms with Crippen molar-refractivity contribution in [3.8, 4) is 11.1 Å². The van der Waals surface area contributed by atoms with Crippen LogP contribution in [0.5, 0.6) is 0 Å². The van der Waals surface area contributed by atoms with Crippen molar-refractivity contribution in [3.05, 3.63) is 71.9 Å². The molecule has 2 N–H and O–H groups in total. The topological polar surface area (TPSA) is 93.3 Å². The number of amides is 1. The smallest absolute Gasteiger partial charge is 0.276 e. The van der Waals surface area contributed by atoms with E-state index in [0.717, 1.165) is 72.6 Å². The van der Waals surface area contributed by atoms with Gasteiger partial charge in [-0.1, -0.05) is 6.07 Å². The number of fused-ring (bicyclic) bond motifs is 1. The summed E-state index contributed by atoms with van der Waals surface area (Å²) < 4.78 is 0. The minimum absolute atomic E-state index is 0.255. The Balaban J connectivity index is 1.34. The standard InChI is InChI=1S/C27H32N8O/c1-33(2)17-19-12-21(16-28-15-19)20-4-5-25-24(13-20)26(32-31-25)27(36)30-22-6-7-29-23(14-22)18-35-10-8-34(3)9-11-35/h4-7,12-16H,8-11,17-18H2,1-3H3,(H,31,32)(H,29,30,36). The monoisotopic (exact) mass is 484 g/mol. The van der Waals surface area contributed by atoms with Crippen LogP contribution in [0, 0.1) is 0 Å². The highest BCUT2D eigenvalue weighted by Gasteiger charge is 2.17. The van der Waals surface area contributed by atoms with E-state index in [1.165, 1.54) is 0 Å². The SMILES string of the molecule is CN(C)Cc1cncc(-c2ccc3[nH]nc(C(=O)Nc4ccnc(CN5CCN(C)CC5)c4)c3c2)c1. The fourth-order valence-electron chi connectivity index (χ4n) is 4.53. The van der Waals surface area contributed by atoms with Crippen LogP contribution in [0.15, 0.2) is 55.0 Å². The third-order valence-corrected chi connectivity index (χ3v) is 6.46. The van der Waals surface area contributed by atoms with E-state index in [0.29, 0.717) is 11.4 Å². The Morgan fingerprint density at radius 3 is 2.69 bits per heavy atom. The number of H-pyrrole nitrogens is 1. The first-order valence-corrected chi connectivity index (χ1v) is 12.2. The van der Waals surface area contributed by atoms with Crippen molar-refractivity contribution >= 4 is 22.5 Å². The molecule has 36 heavy (non-hydrogen) atoms. The van der Waals surface area contributed by atoms with Gasteiger partial charge in [0.25, 0.3) is 5.91 Å². The molecule has 9 nitrogen and oxygen atoms in total. The van der Waals surface area contributed by atoms with Crippen molar-refractivity contribution in [2.24, 2.45) is 0 Å². The molecule has 3 aromatic heterocycles. The number of benzene rings is 1. The highest BCUT2D eigenvalue weighted by Crippen LogP contribution is 2.26. The normalized spacial score (nSPS) is 15.0. The number of nitrogens with zero attached hydrogens (tertiary/aromatic N) is 6. The summed E-state index contributed by atoms with van der Waals surface area (Å²) in [6.07, 6.45) is 5.47. The zero-order chi connectivity index (χ0) is 25.1. The molecule has 9 heteroatoms. The zero-order valence-electron chi connectivity index (χ0n) is 21.0. The van der Waals surface area contributed by atoms with Crippen molar-refractivity contribution in [1.82, 2.24) is 34.9 Å². The molecule has 5 rings (SSSR count). The second-order valence-corrected chi connectivity index (χ2v) is 9.72. The summed E-state index contributed by atoms with van der Waals surface area (Å²) in [7, 11) is 6.22. The molecule has 0 aliphatic carbocycles. The molecule has 1 aromatic carbocycles. The van der Waals surface area contributed by atoms with E-state index in [9.17, 15) is 4.79 Å². The Hall–Kier alpha value is -3.66. The molecule has 1 aliphatic heterocycles. The van der Waals surface area contributed by atoms with Gasteiger partial charge in [0.05, 0.1) is 11.2 Å². The molecule has 1 fully saturated rings. The molecule has 1 saturated heterocycles. The van der Waals surface area contributed by atoms with Crippen LogP contribution in [-0.4, -0.2) is 88.1 Å². The number of hydrogen-bond acceptors (Lipinski definition) is 7. The molecule has 4 heterocycles. The first-order valence-electron chi connectivity index (χ1n) is 12.2. The highest BCUT2D eigenvalue weighted by molar-refractivity contribution is 6.11. The molecule has 0 unspecified atom stereocenters. The third kappa shape index (κ3) is 5.59. The Morgan fingerprint density at radius 2 is 1.89 bits per heavy atom. The van der Waals surface area contributed by atoms with Gasteiger partial charge >= 0.3 is 0 Å². The van der Waals surface area contributed by atoms with Crippen molar-refractivity contribution in [3.63, 3.8) is 0 Å². The number of nitrogens with one attached hydrogen (secondary N) is 2. The van der Waals surface area contributed by atoms with Gasteiger partial charge in [0.1, 0.15) is 0 Å². The zero-order valence-corrected chi connectivity index (χ0v) is 21.0. The minimum atomic E-state index is -0.255. The number of piperazine rings is 1. The Morgan fingerprint density at radius 1 is 1.06 bits per heavy atom. The second kappa shape index (κ2) is 10.5. The maximum atomic E-state index is 13.2. The largest absolute Gasteiger partial charge is 0.320 e. The number of likely N-dealkylation sites (N-methyl/N-ethyl adjacent to an activating group) is 1. The van der Waals surface area contributed by atoms with E-state index in [1.54, 1.807) is 6.20 Å². The molecule has 186 valence electrons. The van der Waals surface area contributed by atoms with Crippen LogP contribution in [0.3, 0.4) is 0 Å². The number of aromatic nitrogens is 4. The first-order chi connectivity index (χ1) is 17.4. The molecule has 4 aromatic rings. The lowest BCUT2D eigenvalue weighted by Gasteiger charge is -2.32. The van der Waals surface area contributed by atoms with Gasteiger partial charge in [0.15, 0.2) is 5.69 Å². The summed E-state index contributed by atoms with van der Waals surface area (Å²) in [5.74, 6) is -0.255. The average molecular weight is 485 g/mol. The quantitative estimate of drug-likeness (QED) is 0.416. The summed E-state index contributed by atoms with van der Waals surface area (Å²) in [6, 6.07) is 11.9. The molecular weight excluding hydrogens is 452 g/mol. The van der Waals surface area contributed by atoms with Gasteiger partial charge < -0.3 is 15.1 Å². The predicted octanol–water partition coefficient (Wildman–Crippen LogP) is 3.08. The molecular formula is C27H32N8O. The molecule has 1 amide bonds. The van der Waals surface area contributed by atoms with E-state index in [-0.39, 0.29) is 5.91 Å². The second-order valence-electron chi connectivity index (χ2n) is 9.72. The average Bonchev–Trinajstić information content (AvgIpc) is 3.29. The molecule has 0 saturated carbocycles. The van der Waals surface area contributed by atoms with Gasteiger partial charge in [0, 0.05) is 74.5 Å². The lowest BCUT2D eigenvalue weighted by Crippen LogP contribution is -2.44. The van der Waals surface area contributed by atoms with Crippen molar-refractivity contribution in [2.75, 3.05) is 52.6 Å². The first kappa shape index (κ1) is 24.1. The summed E-state index contributed by atoms with van der Waals surface area (Å²) in [5.41, 5.74) is 5.96.